The van der Waals surface area contributed by atoms with Gasteiger partial charge in [0.2, 0.25) is 0 Å². The zero-order valence-corrected chi connectivity index (χ0v) is 12.1. The second-order valence-corrected chi connectivity index (χ2v) is 7.42. The molecule has 0 saturated carbocycles. The smallest absolute Gasteiger partial charge is 1.00 e. The number of nitriles is 6. The summed E-state index contributed by atoms with van der Waals surface area (Å²) >= 11 is 0. The minimum absolute atomic E-state index is 0. The van der Waals surface area contributed by atoms with Crippen LogP contribution in [0.5, 0.6) is 0 Å². The van der Waals surface area contributed by atoms with Gasteiger partial charge in [0.25, 0.3) is 0 Å². The maximum Gasteiger partial charge on any atom is 1.00 e. The van der Waals surface area contributed by atoms with Crippen molar-refractivity contribution in [2.75, 3.05) is 0 Å². The minimum atomic E-state index is -6.17. The molecular weight excluding hydrogens is 466 g/mol. The van der Waals surface area contributed by atoms with Crippen LogP contribution in [0.4, 0.5) is 0 Å². The quantitative estimate of drug-likeness (QED) is 0.463. The maximum absolute atomic E-state index is 8.58. The van der Waals surface area contributed by atoms with Gasteiger partial charge in [-0.2, -0.15) is 0 Å². The third-order valence-electron chi connectivity index (χ3n) is 1.19. The summed E-state index contributed by atoms with van der Waals surface area (Å²) in [6, 6.07) is 0. The Kier molecular flexibility index (Phi) is 13.7. The van der Waals surface area contributed by atoms with Crippen LogP contribution in [-0.2, 0) is 79.0 Å². The largest absolute Gasteiger partial charge is 1.00 e. The summed E-state index contributed by atoms with van der Waals surface area (Å²) in [5.74, 6) is 0. The predicted octanol–water partition coefficient (Wildman–Crippen LogP) is 0.0882. The fourth-order valence-electron chi connectivity index (χ4n) is 0.265. The van der Waals surface area contributed by atoms with E-state index in [0.29, 0.717) is 0 Å². The Morgan fingerprint density at radius 1 is 0.412 bits per heavy atom. The molecule has 0 bridgehead atoms. The zero-order chi connectivity index (χ0) is 10.7. The molecule has 0 aliphatic heterocycles. The Labute approximate surface area is 139 Å². The monoisotopic (exact) mass is 464 g/mol. The van der Waals surface area contributed by atoms with Crippen molar-refractivity contribution in [3.8, 4) is 29.8 Å². The summed E-state index contributed by atoms with van der Waals surface area (Å²) in [4.78, 5) is 6.19. The molecule has 0 aromatic heterocycles. The fourth-order valence-corrected chi connectivity index (χ4v) is 1.09. The van der Waals surface area contributed by atoms with Gasteiger partial charge in [0.1, 0.15) is 0 Å². The van der Waals surface area contributed by atoms with Gasteiger partial charge in [-0.05, 0) is 0 Å². The fraction of sp³-hybridized carbons (Fsp3) is 0. The molecule has 0 aromatic rings. The Morgan fingerprint density at radius 2 is 0.529 bits per heavy atom. The first kappa shape index (κ1) is 30.0. The molecule has 0 heterocycles. The van der Waals surface area contributed by atoms with Crippen molar-refractivity contribution in [1.82, 2.24) is 0 Å². The van der Waals surface area contributed by atoms with Gasteiger partial charge < -0.3 is 0 Å². The topological polar surface area (TPSA) is 143 Å². The van der Waals surface area contributed by atoms with Crippen molar-refractivity contribution in [1.29, 1.82) is 31.6 Å². The number of nitrogens with zero attached hydrogens (tertiary/aromatic N) is 6. The van der Waals surface area contributed by atoms with Gasteiger partial charge in [0.05, 0.1) is 0 Å². The third-order valence-corrected chi connectivity index (χ3v) is 4.89. The van der Waals surface area contributed by atoms with Crippen LogP contribution in [0, 0.1) is 61.4 Å². The first-order chi connectivity index (χ1) is 5.97. The van der Waals surface area contributed by atoms with E-state index in [9.17, 15) is 0 Å². The molecular formula is C6Cu4FeN6. The van der Waals surface area contributed by atoms with Gasteiger partial charge in [-0.3, -0.25) is 0 Å². The molecule has 0 aromatic carbocycles. The zero-order valence-electron chi connectivity index (χ0n) is 7.24. The molecule has 0 spiro atoms. The van der Waals surface area contributed by atoms with Crippen molar-refractivity contribution in [2.24, 2.45) is 0 Å². The van der Waals surface area contributed by atoms with Gasteiger partial charge in [0, 0.05) is 0 Å². The normalized spacial score (nSPS) is 10.2. The van der Waals surface area contributed by atoms with E-state index in [0.717, 1.165) is 29.8 Å². The van der Waals surface area contributed by atoms with E-state index in [-0.39, 0.29) is 68.3 Å². The Hall–Kier alpha value is -0.463. The second-order valence-electron chi connectivity index (χ2n) is 1.80. The Morgan fingerprint density at radius 3 is 0.529 bits per heavy atom. The predicted molar refractivity (Wildman–Crippen MR) is 33.7 cm³/mol. The molecule has 17 heavy (non-hydrogen) atoms. The Balaban J connectivity index is -0.000000120. The van der Waals surface area contributed by atoms with Crippen LogP contribution in [0.3, 0.4) is 0 Å². The van der Waals surface area contributed by atoms with Crippen molar-refractivity contribution >= 4 is 0 Å². The summed E-state index contributed by atoms with van der Waals surface area (Å²) in [7, 11) is -6.17. The molecule has 0 amide bonds. The summed E-state index contributed by atoms with van der Waals surface area (Å²) in [6.07, 6.45) is 0. The van der Waals surface area contributed by atoms with Crippen LogP contribution < -0.4 is 0 Å². The van der Waals surface area contributed by atoms with Crippen LogP contribution in [0.15, 0.2) is 0 Å². The van der Waals surface area contributed by atoms with Gasteiger partial charge in [0.15, 0.2) is 0 Å². The SMILES string of the molecule is N#[C][Fe-4]([C]#N)([C]#N)([C]#N)([C]#N)[C]#N.[Cu+].[Cu+].[Cu+].[Cu+]. The second kappa shape index (κ2) is 7.79. The Bertz CT molecular complexity index is 400. The molecule has 0 atom stereocenters. The standard InChI is InChI=1S/6CN.4Cu.Fe/c6*1-2;;;;;/q;;;;;;4*+1;-4. The van der Waals surface area contributed by atoms with Crippen molar-refractivity contribution in [3.05, 3.63) is 0 Å². The number of hydrogen-bond donors (Lipinski definition) is 0. The molecule has 0 rings (SSSR count). The van der Waals surface area contributed by atoms with Gasteiger partial charge in [-0.15, -0.1) is 0 Å². The van der Waals surface area contributed by atoms with E-state index in [2.05, 4.69) is 0 Å². The van der Waals surface area contributed by atoms with E-state index < -0.39 is 10.7 Å². The molecule has 6 nitrogen and oxygen atoms in total. The van der Waals surface area contributed by atoms with Crippen LogP contribution >= 0.6 is 0 Å². The molecule has 0 saturated heterocycles. The van der Waals surface area contributed by atoms with Gasteiger partial charge in [-0.25, -0.2) is 0 Å². The van der Waals surface area contributed by atoms with Crippen molar-refractivity contribution in [3.63, 3.8) is 0 Å². The summed E-state index contributed by atoms with van der Waals surface area (Å²) < 4.78 is 0. The van der Waals surface area contributed by atoms with E-state index in [1.807, 2.05) is 0 Å². The van der Waals surface area contributed by atoms with Gasteiger partial charge in [-0.1, -0.05) is 0 Å². The van der Waals surface area contributed by atoms with E-state index in [4.69, 9.17) is 31.6 Å². The van der Waals surface area contributed by atoms with E-state index >= 15 is 0 Å². The van der Waals surface area contributed by atoms with Crippen LogP contribution in [-0.4, -0.2) is 0 Å². The van der Waals surface area contributed by atoms with Crippen LogP contribution in [0.25, 0.3) is 0 Å². The average molecular weight is 466 g/mol. The van der Waals surface area contributed by atoms with Crippen LogP contribution in [0.2, 0.25) is 0 Å². The summed E-state index contributed by atoms with van der Waals surface area (Å²) in [5.41, 5.74) is 0. The summed E-state index contributed by atoms with van der Waals surface area (Å²) in [6.45, 7) is 0. The first-order valence-corrected chi connectivity index (χ1v) is 5.71. The molecule has 0 aliphatic carbocycles. The molecule has 0 aliphatic rings. The van der Waals surface area contributed by atoms with E-state index in [1.165, 1.54) is 0 Å². The molecule has 0 unspecified atom stereocenters. The number of rotatable bonds is 0. The maximum atomic E-state index is 8.58. The van der Waals surface area contributed by atoms with Crippen molar-refractivity contribution < 1.29 is 79.0 Å². The number of hydrogen-bond acceptors (Lipinski definition) is 6. The van der Waals surface area contributed by atoms with Gasteiger partial charge >= 0.3 is 140 Å². The summed E-state index contributed by atoms with van der Waals surface area (Å²) in [5, 5.41) is 51.5. The first-order valence-electron chi connectivity index (χ1n) is 2.40. The van der Waals surface area contributed by atoms with Crippen LogP contribution in [0.1, 0.15) is 0 Å². The average Bonchev–Trinajstić information content (AvgIpc) is 2.26. The molecule has 0 radical (unpaired) electrons. The molecule has 0 fully saturated rings. The third kappa shape index (κ3) is 3.26. The molecule has 11 heteroatoms. The molecule has 106 valence electrons. The van der Waals surface area contributed by atoms with E-state index in [1.54, 1.807) is 0 Å². The van der Waals surface area contributed by atoms with Crippen molar-refractivity contribution in [2.45, 2.75) is 0 Å². The molecule has 0 N–H and O–H groups in total. The minimum Gasteiger partial charge on any atom is 1.00 e.